The van der Waals surface area contributed by atoms with Crippen LogP contribution in [0.25, 0.3) is 11.1 Å². The van der Waals surface area contributed by atoms with Crippen molar-refractivity contribution < 1.29 is 14.6 Å². The van der Waals surface area contributed by atoms with Crippen LogP contribution in [0, 0.1) is 0 Å². The van der Waals surface area contributed by atoms with Crippen molar-refractivity contribution in [1.29, 1.82) is 0 Å². The second kappa shape index (κ2) is 6.16. The number of benzene rings is 2. The Labute approximate surface area is 112 Å². The van der Waals surface area contributed by atoms with Gasteiger partial charge in [0.25, 0.3) is 0 Å². The van der Waals surface area contributed by atoms with Crippen LogP contribution in [0.5, 0.6) is 0 Å². The highest BCUT2D eigenvalue weighted by Gasteiger charge is 2.05. The second-order valence-electron chi connectivity index (χ2n) is 4.24. The number of esters is 1. The van der Waals surface area contributed by atoms with Crippen LogP contribution in [0.15, 0.2) is 48.5 Å². The minimum absolute atomic E-state index is 0.160. The van der Waals surface area contributed by atoms with Crippen molar-refractivity contribution >= 4 is 5.97 Å². The maximum Gasteiger partial charge on any atom is 0.337 e. The van der Waals surface area contributed by atoms with Gasteiger partial charge in [0, 0.05) is 6.61 Å². The van der Waals surface area contributed by atoms with E-state index in [4.69, 9.17) is 5.11 Å². The van der Waals surface area contributed by atoms with Crippen LogP contribution >= 0.6 is 0 Å². The van der Waals surface area contributed by atoms with Crippen molar-refractivity contribution in [3.8, 4) is 11.1 Å². The quantitative estimate of drug-likeness (QED) is 0.855. The number of methoxy groups -OCH3 is 1. The normalized spacial score (nSPS) is 10.2. The maximum atomic E-state index is 11.3. The number of rotatable bonds is 4. The van der Waals surface area contributed by atoms with E-state index in [1.54, 1.807) is 12.1 Å². The smallest absolute Gasteiger partial charge is 0.337 e. The lowest BCUT2D eigenvalue weighted by Gasteiger charge is -2.05. The van der Waals surface area contributed by atoms with Gasteiger partial charge >= 0.3 is 5.97 Å². The Balaban J connectivity index is 2.19. The lowest BCUT2D eigenvalue weighted by Crippen LogP contribution is -2.00. The van der Waals surface area contributed by atoms with Crippen LogP contribution in [0.1, 0.15) is 15.9 Å². The van der Waals surface area contributed by atoms with E-state index >= 15 is 0 Å². The average molecular weight is 256 g/mol. The van der Waals surface area contributed by atoms with Gasteiger partial charge in [-0.1, -0.05) is 36.4 Å². The minimum atomic E-state index is -0.329. The Morgan fingerprint density at radius 1 is 1.00 bits per heavy atom. The van der Waals surface area contributed by atoms with Crippen LogP contribution in [-0.2, 0) is 11.2 Å². The fraction of sp³-hybridized carbons (Fsp3) is 0.188. The van der Waals surface area contributed by atoms with Crippen molar-refractivity contribution in [1.82, 2.24) is 0 Å². The van der Waals surface area contributed by atoms with E-state index in [0.717, 1.165) is 16.7 Å². The number of hydrogen-bond donors (Lipinski definition) is 1. The van der Waals surface area contributed by atoms with Crippen molar-refractivity contribution in [2.24, 2.45) is 0 Å². The standard InChI is InChI=1S/C16H16O3/c1-19-16(18)15-8-6-14(7-9-15)13-4-2-12(3-5-13)10-11-17/h2-9,17H,10-11H2,1H3. The predicted molar refractivity (Wildman–Crippen MR) is 74.0 cm³/mol. The maximum absolute atomic E-state index is 11.3. The summed E-state index contributed by atoms with van der Waals surface area (Å²) in [6, 6.07) is 15.3. The fourth-order valence-corrected chi connectivity index (χ4v) is 1.91. The molecule has 2 aromatic rings. The van der Waals surface area contributed by atoms with E-state index in [2.05, 4.69) is 4.74 Å². The molecule has 3 nitrogen and oxygen atoms in total. The first-order valence-electron chi connectivity index (χ1n) is 6.13. The number of carbonyl (C=O) groups excluding carboxylic acids is 1. The van der Waals surface area contributed by atoms with Gasteiger partial charge in [0.1, 0.15) is 0 Å². The summed E-state index contributed by atoms with van der Waals surface area (Å²) in [6.45, 7) is 0.160. The number of carbonyl (C=O) groups is 1. The Morgan fingerprint density at radius 2 is 1.53 bits per heavy atom. The molecular formula is C16H16O3. The molecule has 0 atom stereocenters. The van der Waals surface area contributed by atoms with E-state index in [1.807, 2.05) is 36.4 Å². The molecule has 0 bridgehead atoms. The van der Waals surface area contributed by atoms with Gasteiger partial charge in [0.05, 0.1) is 12.7 Å². The summed E-state index contributed by atoms with van der Waals surface area (Å²) in [4.78, 5) is 11.3. The molecule has 3 heteroatoms. The van der Waals surface area contributed by atoms with Crippen LogP contribution in [0.4, 0.5) is 0 Å². The Kier molecular flexibility index (Phi) is 4.31. The fourth-order valence-electron chi connectivity index (χ4n) is 1.91. The van der Waals surface area contributed by atoms with Crippen LogP contribution in [-0.4, -0.2) is 24.8 Å². The summed E-state index contributed by atoms with van der Waals surface area (Å²) in [5.41, 5.74) is 3.78. The van der Waals surface area contributed by atoms with Crippen molar-refractivity contribution in [3.63, 3.8) is 0 Å². The summed E-state index contributed by atoms with van der Waals surface area (Å²) in [6.07, 6.45) is 0.668. The third-order valence-corrected chi connectivity index (χ3v) is 2.99. The van der Waals surface area contributed by atoms with E-state index < -0.39 is 0 Å². The summed E-state index contributed by atoms with van der Waals surface area (Å²) in [5.74, 6) is -0.329. The van der Waals surface area contributed by atoms with Gasteiger partial charge < -0.3 is 9.84 Å². The Morgan fingerprint density at radius 3 is 2.00 bits per heavy atom. The molecule has 19 heavy (non-hydrogen) atoms. The van der Waals surface area contributed by atoms with Crippen LogP contribution < -0.4 is 0 Å². The molecule has 0 radical (unpaired) electrons. The average Bonchev–Trinajstić information content (AvgIpc) is 2.48. The largest absolute Gasteiger partial charge is 0.465 e. The summed E-state index contributed by atoms with van der Waals surface area (Å²) >= 11 is 0. The molecule has 0 saturated heterocycles. The molecular weight excluding hydrogens is 240 g/mol. The van der Waals surface area contributed by atoms with Crippen LogP contribution in [0.3, 0.4) is 0 Å². The number of aliphatic hydroxyl groups is 1. The first kappa shape index (κ1) is 13.3. The van der Waals surface area contributed by atoms with Crippen molar-refractivity contribution in [3.05, 3.63) is 59.7 Å². The first-order valence-corrected chi connectivity index (χ1v) is 6.13. The van der Waals surface area contributed by atoms with E-state index in [-0.39, 0.29) is 12.6 Å². The molecule has 0 aromatic heterocycles. The van der Waals surface area contributed by atoms with Crippen molar-refractivity contribution in [2.45, 2.75) is 6.42 Å². The summed E-state index contributed by atoms with van der Waals surface area (Å²) in [7, 11) is 1.37. The SMILES string of the molecule is COC(=O)c1ccc(-c2ccc(CCO)cc2)cc1. The summed E-state index contributed by atoms with van der Waals surface area (Å²) < 4.78 is 4.66. The van der Waals surface area contributed by atoms with Gasteiger partial charge in [0.2, 0.25) is 0 Å². The molecule has 98 valence electrons. The lowest BCUT2D eigenvalue weighted by atomic mass is 10.0. The molecule has 0 aliphatic heterocycles. The topological polar surface area (TPSA) is 46.5 Å². The second-order valence-corrected chi connectivity index (χ2v) is 4.24. The first-order chi connectivity index (χ1) is 9.24. The monoisotopic (exact) mass is 256 g/mol. The van der Waals surface area contributed by atoms with Gasteiger partial charge in [-0.05, 0) is 35.2 Å². The zero-order valence-corrected chi connectivity index (χ0v) is 10.8. The van der Waals surface area contributed by atoms with Gasteiger partial charge in [-0.15, -0.1) is 0 Å². The molecule has 0 heterocycles. The third kappa shape index (κ3) is 3.20. The molecule has 0 amide bonds. The molecule has 0 aliphatic carbocycles. The molecule has 1 N–H and O–H groups in total. The number of aliphatic hydroxyl groups excluding tert-OH is 1. The molecule has 0 aliphatic rings. The van der Waals surface area contributed by atoms with Gasteiger partial charge in [0.15, 0.2) is 0 Å². The van der Waals surface area contributed by atoms with E-state index in [1.165, 1.54) is 7.11 Å². The molecule has 0 unspecified atom stereocenters. The Bertz CT molecular complexity index is 541. The van der Waals surface area contributed by atoms with Crippen LogP contribution in [0.2, 0.25) is 0 Å². The number of hydrogen-bond acceptors (Lipinski definition) is 3. The van der Waals surface area contributed by atoms with Gasteiger partial charge in [-0.25, -0.2) is 4.79 Å². The highest BCUT2D eigenvalue weighted by molar-refractivity contribution is 5.89. The zero-order valence-electron chi connectivity index (χ0n) is 10.8. The molecule has 0 fully saturated rings. The predicted octanol–water partition coefficient (Wildman–Crippen LogP) is 2.68. The summed E-state index contributed by atoms with van der Waals surface area (Å²) in [5, 5.41) is 8.87. The molecule has 0 spiro atoms. The zero-order chi connectivity index (χ0) is 13.7. The molecule has 0 saturated carbocycles. The molecule has 2 rings (SSSR count). The lowest BCUT2D eigenvalue weighted by molar-refractivity contribution is 0.0601. The van der Waals surface area contributed by atoms with Crippen molar-refractivity contribution in [2.75, 3.05) is 13.7 Å². The van der Waals surface area contributed by atoms with Gasteiger partial charge in [-0.2, -0.15) is 0 Å². The highest BCUT2D eigenvalue weighted by Crippen LogP contribution is 2.20. The third-order valence-electron chi connectivity index (χ3n) is 2.99. The highest BCUT2D eigenvalue weighted by atomic mass is 16.5. The van der Waals surface area contributed by atoms with Gasteiger partial charge in [-0.3, -0.25) is 0 Å². The number of ether oxygens (including phenoxy) is 1. The Hall–Kier alpha value is -2.13. The van der Waals surface area contributed by atoms with E-state index in [0.29, 0.717) is 12.0 Å². The minimum Gasteiger partial charge on any atom is -0.465 e. The van der Waals surface area contributed by atoms with E-state index in [9.17, 15) is 4.79 Å². The molecule has 2 aromatic carbocycles.